The van der Waals surface area contributed by atoms with Gasteiger partial charge in [-0.1, -0.05) is 61.1 Å². The summed E-state index contributed by atoms with van der Waals surface area (Å²) in [6.07, 6.45) is 0.907. The third-order valence-electron chi connectivity index (χ3n) is 16.9. The molecular formula is C73H123BBrN9O4. The number of hydrogen-bond acceptors (Lipinski definition) is 7. The van der Waals surface area contributed by atoms with E-state index in [4.69, 9.17) is 19.4 Å². The summed E-state index contributed by atoms with van der Waals surface area (Å²) in [5, 5.41) is 15.0. The van der Waals surface area contributed by atoms with Gasteiger partial charge in [0, 0.05) is 136 Å². The molecule has 1 amide bonds. The number of aromatic amines is 1. The summed E-state index contributed by atoms with van der Waals surface area (Å²) in [5.41, 5.74) is 25.3. The number of amides is 1. The van der Waals surface area contributed by atoms with Crippen molar-refractivity contribution in [3.05, 3.63) is 149 Å². The predicted molar refractivity (Wildman–Crippen MR) is 385 cm³/mol. The predicted octanol–water partition coefficient (Wildman–Crippen LogP) is 17.8. The lowest BCUT2D eigenvalue weighted by atomic mass is 9.76. The molecule has 0 radical (unpaired) electrons. The highest BCUT2D eigenvalue weighted by Crippen LogP contribution is 2.38. The number of aliphatic hydroxyl groups excluding tert-OH is 1. The molecule has 2 aliphatic heterocycles. The number of H-pyrrole nitrogens is 1. The van der Waals surface area contributed by atoms with Crippen LogP contribution in [0.15, 0.2) is 46.9 Å². The molecule has 8 heterocycles. The Morgan fingerprint density at radius 1 is 0.670 bits per heavy atom. The van der Waals surface area contributed by atoms with Crippen molar-refractivity contribution in [1.29, 1.82) is 0 Å². The lowest BCUT2D eigenvalue weighted by molar-refractivity contribution is 0.00578. The fourth-order valence-electron chi connectivity index (χ4n) is 11.2. The monoisotopic (exact) mass is 1280 g/mol. The zero-order chi connectivity index (χ0) is 67.2. The fourth-order valence-corrected chi connectivity index (χ4v) is 11.7. The van der Waals surface area contributed by atoms with E-state index in [0.29, 0.717) is 6.54 Å². The van der Waals surface area contributed by atoms with E-state index < -0.39 is 0 Å². The highest BCUT2D eigenvalue weighted by molar-refractivity contribution is 9.10. The zero-order valence-corrected chi connectivity index (χ0v) is 62.0. The second-order valence-electron chi connectivity index (χ2n) is 22.6. The van der Waals surface area contributed by atoms with Crippen molar-refractivity contribution >= 4 is 40.2 Å². The van der Waals surface area contributed by atoms with Gasteiger partial charge in [0.1, 0.15) is 5.82 Å². The Morgan fingerprint density at radius 2 is 1.19 bits per heavy atom. The first-order valence-electron chi connectivity index (χ1n) is 32.2. The van der Waals surface area contributed by atoms with Crippen LogP contribution >= 0.6 is 15.9 Å². The maximum absolute atomic E-state index is 12.3. The maximum atomic E-state index is 12.3. The van der Waals surface area contributed by atoms with Crippen LogP contribution in [0.1, 0.15) is 218 Å². The Morgan fingerprint density at radius 3 is 1.56 bits per heavy atom. The van der Waals surface area contributed by atoms with E-state index >= 15 is 0 Å². The van der Waals surface area contributed by atoms with Crippen LogP contribution in [0.2, 0.25) is 0 Å². The van der Waals surface area contributed by atoms with E-state index in [-0.39, 0.29) is 38.3 Å². The summed E-state index contributed by atoms with van der Waals surface area (Å²) < 4.78 is 22.7. The Labute approximate surface area is 545 Å². The Balaban J connectivity index is 0.00000112. The number of nitrogens with one attached hydrogen (secondary N) is 2. The molecule has 88 heavy (non-hydrogen) atoms. The molecule has 0 atom stereocenters. The fraction of sp³-hybridized carbons (Fsp3) is 0.575. The number of carbonyl (C=O) groups excluding carboxylic acids is 1. The first-order valence-corrected chi connectivity index (χ1v) is 33.0. The molecule has 15 heteroatoms. The lowest BCUT2D eigenvalue weighted by Crippen LogP contribution is -2.41. The molecule has 494 valence electrons. The number of aryl methyl sites for hydroxylation is 8. The minimum absolute atomic E-state index is 0. The summed E-state index contributed by atoms with van der Waals surface area (Å²) in [6, 6.07) is 14.6. The van der Waals surface area contributed by atoms with Crippen LogP contribution < -0.4 is 15.7 Å². The summed E-state index contributed by atoms with van der Waals surface area (Å²) >= 11 is 3.57. The molecule has 0 saturated carbocycles. The largest absolute Gasteiger partial charge is 0.496 e. The third-order valence-corrected chi connectivity index (χ3v) is 18.1. The quantitative estimate of drug-likeness (QED) is 0.129. The van der Waals surface area contributed by atoms with Gasteiger partial charge in [-0.05, 0) is 252 Å². The van der Waals surface area contributed by atoms with Crippen molar-refractivity contribution in [2.45, 2.75) is 265 Å². The highest BCUT2D eigenvalue weighted by atomic mass is 79.9. The first kappa shape index (κ1) is 82.4. The van der Waals surface area contributed by atoms with Crippen LogP contribution in [0.4, 0.5) is 5.82 Å². The van der Waals surface area contributed by atoms with Crippen LogP contribution in [-0.4, -0.2) is 83.0 Å². The summed E-state index contributed by atoms with van der Waals surface area (Å²) in [4.78, 5) is 22.7. The minimum atomic E-state index is -0.279. The highest BCUT2D eigenvalue weighted by Gasteiger charge is 2.53. The van der Waals surface area contributed by atoms with E-state index in [1.54, 1.807) is 14.0 Å². The van der Waals surface area contributed by atoms with Gasteiger partial charge in [-0.25, -0.2) is 4.98 Å². The molecule has 7 aromatic rings. The molecule has 13 nitrogen and oxygen atoms in total. The Bertz CT molecular complexity index is 3180. The van der Waals surface area contributed by atoms with Gasteiger partial charge < -0.3 is 43.3 Å². The smallest absolute Gasteiger partial charge is 0.399 e. The average molecular weight is 1280 g/mol. The lowest BCUT2D eigenvalue weighted by Gasteiger charge is -2.32. The Kier molecular flexibility index (Phi) is 35.7. The van der Waals surface area contributed by atoms with E-state index in [1.807, 2.05) is 58.4 Å². The minimum Gasteiger partial charge on any atom is -0.399 e. The van der Waals surface area contributed by atoms with Crippen LogP contribution in [-0.2, 0) is 48.5 Å². The van der Waals surface area contributed by atoms with Gasteiger partial charge >= 0.3 is 7.12 Å². The van der Waals surface area contributed by atoms with Crippen LogP contribution in [0.5, 0.6) is 0 Å². The number of hydrogen-bond donors (Lipinski definition) is 3. The molecule has 1 fully saturated rings. The third kappa shape index (κ3) is 19.9. The molecule has 1 saturated heterocycles. The molecule has 0 unspecified atom stereocenters. The molecule has 2 aliphatic rings. The second-order valence-corrected chi connectivity index (χ2v) is 23.4. The number of fused-ring (bicyclic) bond motifs is 1. The van der Waals surface area contributed by atoms with Gasteiger partial charge in [0.05, 0.1) is 16.9 Å². The molecule has 9 rings (SSSR count). The van der Waals surface area contributed by atoms with Crippen molar-refractivity contribution in [1.82, 2.24) is 38.8 Å². The van der Waals surface area contributed by atoms with Crippen molar-refractivity contribution in [2.24, 2.45) is 0 Å². The summed E-state index contributed by atoms with van der Waals surface area (Å²) in [7, 11) is 1.42. The molecule has 0 aliphatic carbocycles. The SMILES string of the molecule is C.CC.CC.CC.CCO.CCn1c(C)c(C)c(B2OC(C)(C)C(C)(C)O2)c1C.CCn1c(C)c(C)c(Br)c1C.CCn1c(C)cc(C)c1C.CCn1nc(C)c(-c2ccc(N3CCc4cccc(C(=O)NC)c4C3)nc2C)c1C.Cc1cc(C)c(C)[nH]1. The second kappa shape index (κ2) is 38.2. The van der Waals surface area contributed by atoms with E-state index in [2.05, 4.69) is 240 Å². The summed E-state index contributed by atoms with van der Waals surface area (Å²) in [5.74, 6) is 0.916. The topological polar surface area (TPSA) is 132 Å². The van der Waals surface area contributed by atoms with E-state index in [1.165, 1.54) is 94.6 Å². The van der Waals surface area contributed by atoms with Gasteiger partial charge in [-0.2, -0.15) is 5.10 Å². The number of aromatic nitrogens is 7. The number of aliphatic hydroxyl groups is 1. The van der Waals surface area contributed by atoms with Crippen molar-refractivity contribution < 1.29 is 19.2 Å². The molecule has 1 aromatic carbocycles. The number of rotatable bonds is 8. The van der Waals surface area contributed by atoms with Crippen LogP contribution in [0.3, 0.4) is 0 Å². The number of carbonyl (C=O) groups is 1. The van der Waals surface area contributed by atoms with Crippen molar-refractivity contribution in [3.8, 4) is 11.1 Å². The number of anilines is 1. The number of benzene rings is 1. The summed E-state index contributed by atoms with van der Waals surface area (Å²) in [6.45, 7) is 68.5. The van der Waals surface area contributed by atoms with Crippen molar-refractivity contribution in [3.63, 3.8) is 0 Å². The average Bonchev–Trinajstić information content (AvgIpc) is 2.16. The normalized spacial score (nSPS) is 12.9. The van der Waals surface area contributed by atoms with Gasteiger partial charge in [0.2, 0.25) is 0 Å². The van der Waals surface area contributed by atoms with E-state index in [0.717, 1.165) is 73.0 Å². The van der Waals surface area contributed by atoms with Crippen LogP contribution in [0.25, 0.3) is 11.1 Å². The van der Waals surface area contributed by atoms with Crippen LogP contribution in [0, 0.1) is 104 Å². The molecule has 0 spiro atoms. The molecular weight excluding hydrogens is 1160 g/mol. The standard InChI is InChI=1S/C24H29N5O.C15H26BNO2.C9H14BrN.C9H15N.C7H11N.C2H6O.3C2H6.CH4/c1-6-29-17(4)23(16(3)27-29)19-10-11-22(26-15(19)2)28-13-12-18-8-7-9-20(21(18)14-28)24(30)25-5;1-9-17-11(3)10(2)13(12(17)4)16-18-14(5,6)15(7,8)19-16;1-5-11-7(3)6(2)9(10)8(11)4;1-5-10-8(3)6-7(2)9(10)4;1-5-4-6(2)8-7(5)3;1-2-3;3*1-2;/h7-11H,6,12-14H2,1-5H3,(H,25,30);9H2,1-8H3;5H2,1-4H3;6H,5H2,1-4H3;4,8H,1-3H3;3H,2H2,1H3;3*1-2H3;1H4. The van der Waals surface area contributed by atoms with Gasteiger partial charge in [0.15, 0.2) is 0 Å². The molecule has 3 N–H and O–H groups in total. The zero-order valence-electron chi connectivity index (χ0n) is 60.5. The molecule has 0 bridgehead atoms. The van der Waals surface area contributed by atoms with E-state index in [9.17, 15) is 4.79 Å². The first-order chi connectivity index (χ1) is 40.9. The van der Waals surface area contributed by atoms with Gasteiger partial charge in [0.25, 0.3) is 5.91 Å². The number of nitrogens with zero attached hydrogens (tertiary/aromatic N) is 7. The number of pyridine rings is 1. The maximum Gasteiger partial charge on any atom is 0.496 e. The number of halogens is 1. The molecule has 6 aromatic heterocycles. The van der Waals surface area contributed by atoms with Gasteiger partial charge in [-0.3, -0.25) is 9.48 Å². The Hall–Kier alpha value is -5.61. The van der Waals surface area contributed by atoms with Gasteiger partial charge in [-0.15, -0.1) is 0 Å². The van der Waals surface area contributed by atoms with Crippen molar-refractivity contribution in [2.75, 3.05) is 25.1 Å².